The van der Waals surface area contributed by atoms with E-state index >= 15 is 0 Å². The Morgan fingerprint density at radius 3 is 2.00 bits per heavy atom. The number of aliphatic hydroxyl groups excluding tert-OH is 1. The van der Waals surface area contributed by atoms with Crippen LogP contribution in [0.1, 0.15) is 12.8 Å². The van der Waals surface area contributed by atoms with Gasteiger partial charge in [0.2, 0.25) is 5.75 Å². The third-order valence-electron chi connectivity index (χ3n) is 2.46. The fourth-order valence-corrected chi connectivity index (χ4v) is 1.54. The molecule has 0 spiro atoms. The van der Waals surface area contributed by atoms with E-state index in [1.807, 2.05) is 0 Å². The molecule has 0 bridgehead atoms. The lowest BCUT2D eigenvalue weighted by Gasteiger charge is -2.14. The van der Waals surface area contributed by atoms with Gasteiger partial charge >= 0.3 is 0 Å². The van der Waals surface area contributed by atoms with Crippen molar-refractivity contribution >= 4 is 0 Å². The summed E-state index contributed by atoms with van der Waals surface area (Å²) in [4.78, 5) is 0. The smallest absolute Gasteiger partial charge is 0.203 e. The summed E-state index contributed by atoms with van der Waals surface area (Å²) in [7, 11) is 4.68. The van der Waals surface area contributed by atoms with Gasteiger partial charge in [0.25, 0.3) is 0 Å². The lowest BCUT2D eigenvalue weighted by Crippen LogP contribution is -2.01. The molecule has 0 atom stereocenters. The number of aliphatic hydroxyl groups is 1. The molecular weight excluding hydrogens is 236 g/mol. The van der Waals surface area contributed by atoms with Crippen molar-refractivity contribution in [2.45, 2.75) is 12.8 Å². The van der Waals surface area contributed by atoms with Crippen LogP contribution in [0.2, 0.25) is 0 Å². The Kier molecular flexibility index (Phi) is 6.14. The number of hydrogen-bond acceptors (Lipinski definition) is 5. The average molecular weight is 256 g/mol. The molecule has 1 rings (SSSR count). The second-order valence-corrected chi connectivity index (χ2v) is 3.64. The molecule has 0 heterocycles. The molecule has 0 unspecified atom stereocenters. The van der Waals surface area contributed by atoms with Crippen LogP contribution in [0, 0.1) is 0 Å². The fraction of sp³-hybridized carbons (Fsp3) is 0.538. The summed E-state index contributed by atoms with van der Waals surface area (Å²) >= 11 is 0. The highest BCUT2D eigenvalue weighted by Crippen LogP contribution is 2.40. The Hall–Kier alpha value is -1.62. The highest BCUT2D eigenvalue weighted by Gasteiger charge is 2.13. The predicted octanol–water partition coefficient (Wildman–Crippen LogP) is 1.86. The first-order valence-corrected chi connectivity index (χ1v) is 5.80. The highest BCUT2D eigenvalue weighted by atomic mass is 16.5. The van der Waals surface area contributed by atoms with E-state index in [1.54, 1.807) is 33.5 Å². The summed E-state index contributed by atoms with van der Waals surface area (Å²) in [6.07, 6.45) is 1.53. The molecule has 0 amide bonds. The molecule has 0 aliphatic carbocycles. The Balaban J connectivity index is 2.80. The zero-order valence-electron chi connectivity index (χ0n) is 11.1. The van der Waals surface area contributed by atoms with Crippen molar-refractivity contribution in [2.24, 2.45) is 0 Å². The molecule has 0 aliphatic heterocycles. The first-order valence-electron chi connectivity index (χ1n) is 5.80. The Bertz CT molecular complexity index is 339. The van der Waals surface area contributed by atoms with Crippen LogP contribution in [-0.4, -0.2) is 39.6 Å². The topological polar surface area (TPSA) is 57.2 Å². The van der Waals surface area contributed by atoms with Gasteiger partial charge in [-0.1, -0.05) is 0 Å². The van der Waals surface area contributed by atoms with Gasteiger partial charge in [-0.3, -0.25) is 0 Å². The number of hydrogen-bond donors (Lipinski definition) is 1. The van der Waals surface area contributed by atoms with E-state index in [-0.39, 0.29) is 6.61 Å². The van der Waals surface area contributed by atoms with Gasteiger partial charge in [0, 0.05) is 18.7 Å². The van der Waals surface area contributed by atoms with E-state index in [0.29, 0.717) is 29.6 Å². The predicted molar refractivity (Wildman–Crippen MR) is 67.9 cm³/mol. The van der Waals surface area contributed by atoms with Gasteiger partial charge in [-0.15, -0.1) is 0 Å². The van der Waals surface area contributed by atoms with Gasteiger partial charge in [0.05, 0.1) is 27.9 Å². The van der Waals surface area contributed by atoms with Gasteiger partial charge in [-0.25, -0.2) is 0 Å². The molecular formula is C13H20O5. The molecule has 0 radical (unpaired) electrons. The largest absolute Gasteiger partial charge is 0.493 e. The molecule has 1 N–H and O–H groups in total. The SMILES string of the molecule is COc1cc(OCCCCO)cc(OC)c1OC. The lowest BCUT2D eigenvalue weighted by molar-refractivity contribution is 0.251. The van der Waals surface area contributed by atoms with Gasteiger partial charge in [0.1, 0.15) is 5.75 Å². The van der Waals surface area contributed by atoms with Crippen LogP contribution < -0.4 is 18.9 Å². The van der Waals surface area contributed by atoms with E-state index in [9.17, 15) is 0 Å². The van der Waals surface area contributed by atoms with Crippen molar-refractivity contribution in [3.63, 3.8) is 0 Å². The zero-order valence-corrected chi connectivity index (χ0v) is 11.1. The van der Waals surface area contributed by atoms with E-state index in [1.165, 1.54) is 0 Å². The Morgan fingerprint density at radius 1 is 0.944 bits per heavy atom. The van der Waals surface area contributed by atoms with Gasteiger partial charge in [-0.2, -0.15) is 0 Å². The van der Waals surface area contributed by atoms with Gasteiger partial charge < -0.3 is 24.1 Å². The maximum Gasteiger partial charge on any atom is 0.203 e. The minimum Gasteiger partial charge on any atom is -0.493 e. The first kappa shape index (κ1) is 14.4. The zero-order chi connectivity index (χ0) is 13.4. The minimum absolute atomic E-state index is 0.179. The third kappa shape index (κ3) is 3.70. The molecule has 0 fully saturated rings. The second kappa shape index (κ2) is 7.66. The molecule has 5 heteroatoms. The molecule has 0 saturated heterocycles. The molecule has 0 aromatic heterocycles. The van der Waals surface area contributed by atoms with Crippen LogP contribution in [0.4, 0.5) is 0 Å². The van der Waals surface area contributed by atoms with Crippen molar-refractivity contribution < 1.29 is 24.1 Å². The number of methoxy groups -OCH3 is 3. The minimum atomic E-state index is 0.179. The lowest BCUT2D eigenvalue weighted by atomic mass is 10.2. The molecule has 18 heavy (non-hydrogen) atoms. The maximum atomic E-state index is 8.68. The van der Waals surface area contributed by atoms with E-state index in [0.717, 1.165) is 12.8 Å². The highest BCUT2D eigenvalue weighted by molar-refractivity contribution is 5.55. The summed E-state index contributed by atoms with van der Waals surface area (Å²) < 4.78 is 21.2. The monoisotopic (exact) mass is 256 g/mol. The van der Waals surface area contributed by atoms with Crippen LogP contribution in [-0.2, 0) is 0 Å². The summed E-state index contributed by atoms with van der Waals surface area (Å²) in [5.41, 5.74) is 0. The molecule has 5 nitrogen and oxygen atoms in total. The van der Waals surface area contributed by atoms with E-state index < -0.39 is 0 Å². The number of benzene rings is 1. The molecule has 102 valence electrons. The Labute approximate surface area is 107 Å². The normalized spacial score (nSPS) is 10.0. The van der Waals surface area contributed by atoms with Crippen LogP contribution in [0.15, 0.2) is 12.1 Å². The standard InChI is InChI=1S/C13H20O5/c1-15-11-8-10(18-7-5-4-6-14)9-12(16-2)13(11)17-3/h8-9,14H,4-7H2,1-3H3. The summed E-state index contributed by atoms with van der Waals surface area (Å²) in [5.74, 6) is 2.33. The quantitative estimate of drug-likeness (QED) is 0.719. The first-order chi connectivity index (χ1) is 8.76. The van der Waals surface area contributed by atoms with Crippen molar-refractivity contribution in [2.75, 3.05) is 34.5 Å². The van der Waals surface area contributed by atoms with E-state index in [4.69, 9.17) is 24.1 Å². The second-order valence-electron chi connectivity index (χ2n) is 3.64. The Morgan fingerprint density at radius 2 is 1.56 bits per heavy atom. The van der Waals surface area contributed by atoms with E-state index in [2.05, 4.69) is 0 Å². The molecule has 0 saturated carbocycles. The van der Waals surface area contributed by atoms with Gasteiger partial charge in [-0.05, 0) is 12.8 Å². The average Bonchev–Trinajstić information content (AvgIpc) is 2.42. The van der Waals surface area contributed by atoms with Crippen LogP contribution in [0.5, 0.6) is 23.0 Å². The van der Waals surface area contributed by atoms with Crippen LogP contribution in [0.3, 0.4) is 0 Å². The molecule has 0 aliphatic rings. The fourth-order valence-electron chi connectivity index (χ4n) is 1.54. The third-order valence-corrected chi connectivity index (χ3v) is 2.46. The number of ether oxygens (including phenoxy) is 4. The van der Waals surface area contributed by atoms with Crippen LogP contribution >= 0.6 is 0 Å². The van der Waals surface area contributed by atoms with Crippen molar-refractivity contribution in [1.82, 2.24) is 0 Å². The summed E-state index contributed by atoms with van der Waals surface area (Å²) in [6, 6.07) is 3.50. The van der Waals surface area contributed by atoms with Crippen molar-refractivity contribution in [3.05, 3.63) is 12.1 Å². The summed E-state index contributed by atoms with van der Waals surface area (Å²) in [6.45, 7) is 0.720. The molecule has 1 aromatic rings. The number of rotatable bonds is 8. The maximum absolute atomic E-state index is 8.68. The van der Waals surface area contributed by atoms with Crippen LogP contribution in [0.25, 0.3) is 0 Å². The van der Waals surface area contributed by atoms with Crippen molar-refractivity contribution in [3.8, 4) is 23.0 Å². The summed E-state index contributed by atoms with van der Waals surface area (Å²) in [5, 5.41) is 8.68. The molecule has 1 aromatic carbocycles. The van der Waals surface area contributed by atoms with Crippen molar-refractivity contribution in [1.29, 1.82) is 0 Å². The number of unbranched alkanes of at least 4 members (excludes halogenated alkanes) is 1. The van der Waals surface area contributed by atoms with Gasteiger partial charge in [0.15, 0.2) is 11.5 Å².